The Bertz CT molecular complexity index is 379. The molecule has 0 bridgehead atoms. The maximum Gasteiger partial charge on any atom is 0.133 e. The molecule has 4 heteroatoms. The van der Waals surface area contributed by atoms with Gasteiger partial charge in [0.1, 0.15) is 16.5 Å². The van der Waals surface area contributed by atoms with Gasteiger partial charge < -0.3 is 15.2 Å². The van der Waals surface area contributed by atoms with Crippen LogP contribution in [0.2, 0.25) is 0 Å². The highest BCUT2D eigenvalue weighted by Gasteiger charge is 2.10. The van der Waals surface area contributed by atoms with E-state index in [9.17, 15) is 0 Å². The number of benzene rings is 1. The van der Waals surface area contributed by atoms with Crippen molar-refractivity contribution in [3.63, 3.8) is 0 Å². The molecular formula is C12H17NO2S. The van der Waals surface area contributed by atoms with Crippen molar-refractivity contribution in [2.75, 3.05) is 7.11 Å². The number of rotatable bonds is 5. The van der Waals surface area contributed by atoms with Gasteiger partial charge in [-0.15, -0.1) is 0 Å². The quantitative estimate of drug-likeness (QED) is 0.802. The number of nitrogens with two attached hydrogens (primary N) is 1. The Kier molecular flexibility index (Phi) is 4.55. The van der Waals surface area contributed by atoms with Gasteiger partial charge in [-0.25, -0.2) is 0 Å². The molecule has 0 aliphatic carbocycles. The molecule has 16 heavy (non-hydrogen) atoms. The summed E-state index contributed by atoms with van der Waals surface area (Å²) in [6.07, 6.45) is 1.05. The van der Waals surface area contributed by atoms with Crippen LogP contribution in [0.15, 0.2) is 18.2 Å². The SMILES string of the molecule is CCC(C)Oc1cc(OC)ccc1C(N)=S. The van der Waals surface area contributed by atoms with E-state index in [4.69, 9.17) is 27.4 Å². The normalized spacial score (nSPS) is 11.9. The second kappa shape index (κ2) is 5.70. The number of hydrogen-bond donors (Lipinski definition) is 1. The van der Waals surface area contributed by atoms with E-state index in [1.54, 1.807) is 13.2 Å². The van der Waals surface area contributed by atoms with Gasteiger partial charge in [0.25, 0.3) is 0 Å². The van der Waals surface area contributed by atoms with Gasteiger partial charge in [0.2, 0.25) is 0 Å². The molecule has 0 spiro atoms. The molecule has 1 atom stereocenters. The minimum Gasteiger partial charge on any atom is -0.497 e. The molecule has 0 fully saturated rings. The second-order valence-electron chi connectivity index (χ2n) is 3.56. The highest BCUT2D eigenvalue weighted by molar-refractivity contribution is 7.80. The van der Waals surface area contributed by atoms with E-state index in [0.29, 0.717) is 10.7 Å². The molecule has 1 unspecified atom stereocenters. The van der Waals surface area contributed by atoms with E-state index < -0.39 is 0 Å². The van der Waals surface area contributed by atoms with Crippen molar-refractivity contribution in [3.05, 3.63) is 23.8 Å². The summed E-state index contributed by atoms with van der Waals surface area (Å²) in [6.45, 7) is 4.06. The predicted molar refractivity (Wildman–Crippen MR) is 69.3 cm³/mol. The van der Waals surface area contributed by atoms with Crippen molar-refractivity contribution in [2.24, 2.45) is 5.73 Å². The first-order valence-corrected chi connectivity index (χ1v) is 5.63. The van der Waals surface area contributed by atoms with Gasteiger partial charge in [0.15, 0.2) is 0 Å². The minimum absolute atomic E-state index is 0.125. The molecule has 0 aromatic heterocycles. The molecule has 0 saturated heterocycles. The fourth-order valence-corrected chi connectivity index (χ4v) is 1.40. The molecule has 0 aliphatic heterocycles. The van der Waals surface area contributed by atoms with E-state index in [2.05, 4.69) is 6.92 Å². The number of ether oxygens (including phenoxy) is 2. The van der Waals surface area contributed by atoms with E-state index in [1.165, 1.54) is 0 Å². The number of hydrogen-bond acceptors (Lipinski definition) is 3. The van der Waals surface area contributed by atoms with E-state index >= 15 is 0 Å². The van der Waals surface area contributed by atoms with Crippen LogP contribution >= 0.6 is 12.2 Å². The molecule has 0 heterocycles. The zero-order valence-corrected chi connectivity index (χ0v) is 10.6. The molecule has 1 aromatic rings. The third kappa shape index (κ3) is 3.10. The van der Waals surface area contributed by atoms with Crippen LogP contribution in [0, 0.1) is 0 Å². The third-order valence-corrected chi connectivity index (χ3v) is 2.58. The second-order valence-corrected chi connectivity index (χ2v) is 4.00. The smallest absolute Gasteiger partial charge is 0.133 e. The van der Waals surface area contributed by atoms with E-state index in [-0.39, 0.29) is 6.10 Å². The first kappa shape index (κ1) is 12.8. The molecule has 0 amide bonds. The highest BCUT2D eigenvalue weighted by Crippen LogP contribution is 2.26. The summed E-state index contributed by atoms with van der Waals surface area (Å²) in [5.41, 5.74) is 6.38. The van der Waals surface area contributed by atoms with E-state index in [0.717, 1.165) is 17.7 Å². The van der Waals surface area contributed by atoms with Crippen LogP contribution in [-0.2, 0) is 0 Å². The molecule has 3 nitrogen and oxygen atoms in total. The first-order chi connectivity index (χ1) is 7.58. The van der Waals surface area contributed by atoms with Crippen LogP contribution in [0.1, 0.15) is 25.8 Å². The fourth-order valence-electron chi connectivity index (χ4n) is 1.23. The Morgan fingerprint density at radius 1 is 1.50 bits per heavy atom. The Balaban J connectivity index is 3.05. The lowest BCUT2D eigenvalue weighted by atomic mass is 10.2. The molecule has 0 aliphatic rings. The molecule has 1 rings (SSSR count). The van der Waals surface area contributed by atoms with Crippen LogP contribution in [0.25, 0.3) is 0 Å². The third-order valence-electron chi connectivity index (χ3n) is 2.36. The molecule has 2 N–H and O–H groups in total. The van der Waals surface area contributed by atoms with Crippen molar-refractivity contribution in [2.45, 2.75) is 26.4 Å². The number of methoxy groups -OCH3 is 1. The van der Waals surface area contributed by atoms with Gasteiger partial charge >= 0.3 is 0 Å². The Morgan fingerprint density at radius 3 is 2.69 bits per heavy atom. The van der Waals surface area contributed by atoms with Crippen LogP contribution in [-0.4, -0.2) is 18.2 Å². The monoisotopic (exact) mass is 239 g/mol. The lowest BCUT2D eigenvalue weighted by molar-refractivity contribution is 0.216. The van der Waals surface area contributed by atoms with Crippen LogP contribution in [0.5, 0.6) is 11.5 Å². The molecular weight excluding hydrogens is 222 g/mol. The van der Waals surface area contributed by atoms with Gasteiger partial charge in [-0.1, -0.05) is 19.1 Å². The lowest BCUT2D eigenvalue weighted by Crippen LogP contribution is -2.16. The van der Waals surface area contributed by atoms with E-state index in [1.807, 2.05) is 19.1 Å². The average Bonchev–Trinajstić information content (AvgIpc) is 2.28. The molecule has 1 aromatic carbocycles. The zero-order valence-electron chi connectivity index (χ0n) is 9.82. The summed E-state index contributed by atoms with van der Waals surface area (Å²) in [7, 11) is 1.61. The van der Waals surface area contributed by atoms with Crippen molar-refractivity contribution in [1.82, 2.24) is 0 Å². The Labute approximate surface area is 102 Å². The first-order valence-electron chi connectivity index (χ1n) is 5.23. The van der Waals surface area contributed by atoms with Gasteiger partial charge in [-0.3, -0.25) is 0 Å². The van der Waals surface area contributed by atoms with Crippen molar-refractivity contribution in [3.8, 4) is 11.5 Å². The standard InChI is InChI=1S/C12H17NO2S/c1-4-8(2)15-11-7-9(14-3)5-6-10(11)12(13)16/h5-8H,4H2,1-3H3,(H2,13,16). The molecule has 88 valence electrons. The zero-order chi connectivity index (χ0) is 12.1. The Hall–Kier alpha value is -1.29. The summed E-state index contributed by atoms with van der Waals surface area (Å²) < 4.78 is 10.9. The van der Waals surface area contributed by atoms with Crippen LogP contribution in [0.3, 0.4) is 0 Å². The minimum atomic E-state index is 0.125. The van der Waals surface area contributed by atoms with Crippen LogP contribution in [0.4, 0.5) is 0 Å². The van der Waals surface area contributed by atoms with Crippen LogP contribution < -0.4 is 15.2 Å². The van der Waals surface area contributed by atoms with Gasteiger partial charge in [0, 0.05) is 6.07 Å². The predicted octanol–water partition coefficient (Wildman–Crippen LogP) is 2.51. The summed E-state index contributed by atoms with van der Waals surface area (Å²) >= 11 is 4.98. The van der Waals surface area contributed by atoms with Gasteiger partial charge in [-0.2, -0.15) is 0 Å². The average molecular weight is 239 g/mol. The van der Waals surface area contributed by atoms with Crippen molar-refractivity contribution in [1.29, 1.82) is 0 Å². The summed E-state index contributed by atoms with van der Waals surface area (Å²) in [5.74, 6) is 1.42. The largest absolute Gasteiger partial charge is 0.497 e. The topological polar surface area (TPSA) is 44.5 Å². The highest BCUT2D eigenvalue weighted by atomic mass is 32.1. The summed E-state index contributed by atoms with van der Waals surface area (Å²) in [6, 6.07) is 5.44. The number of thiocarbonyl (C=S) groups is 1. The van der Waals surface area contributed by atoms with Crippen molar-refractivity contribution >= 4 is 17.2 Å². The lowest BCUT2D eigenvalue weighted by Gasteiger charge is -2.16. The Morgan fingerprint density at radius 2 is 2.19 bits per heavy atom. The summed E-state index contributed by atoms with van der Waals surface area (Å²) in [4.78, 5) is 0.334. The maximum absolute atomic E-state index is 5.75. The molecule has 0 saturated carbocycles. The fraction of sp³-hybridized carbons (Fsp3) is 0.417. The molecule has 0 radical (unpaired) electrons. The summed E-state index contributed by atoms with van der Waals surface area (Å²) in [5, 5.41) is 0. The maximum atomic E-state index is 5.75. The van der Waals surface area contributed by atoms with Gasteiger partial charge in [-0.05, 0) is 25.5 Å². The van der Waals surface area contributed by atoms with Crippen molar-refractivity contribution < 1.29 is 9.47 Å². The van der Waals surface area contributed by atoms with Gasteiger partial charge in [0.05, 0.1) is 18.8 Å².